The van der Waals surface area contributed by atoms with E-state index in [9.17, 15) is 4.79 Å². The second-order valence-corrected chi connectivity index (χ2v) is 4.22. The van der Waals surface area contributed by atoms with Crippen LogP contribution in [0.3, 0.4) is 0 Å². The normalized spacial score (nSPS) is 12.1. The zero-order valence-corrected chi connectivity index (χ0v) is 10.7. The number of aromatic nitrogens is 2. The van der Waals surface area contributed by atoms with Gasteiger partial charge in [0.2, 0.25) is 0 Å². The van der Waals surface area contributed by atoms with E-state index >= 15 is 0 Å². The summed E-state index contributed by atoms with van der Waals surface area (Å²) in [4.78, 5) is 15.3. The molecule has 6 nitrogen and oxygen atoms in total. The second kappa shape index (κ2) is 5.01. The Bertz CT molecular complexity index is 607. The van der Waals surface area contributed by atoms with Crippen molar-refractivity contribution in [2.75, 3.05) is 5.73 Å². The molecule has 0 aliphatic carbocycles. The molecule has 1 aromatic carbocycles. The third-order valence-electron chi connectivity index (χ3n) is 2.76. The van der Waals surface area contributed by atoms with Gasteiger partial charge in [-0.25, -0.2) is 9.78 Å². The summed E-state index contributed by atoms with van der Waals surface area (Å²) in [5.74, 6) is -0.0836. The molecule has 1 aromatic heterocycles. The van der Waals surface area contributed by atoms with Crippen LogP contribution >= 0.6 is 0 Å². The summed E-state index contributed by atoms with van der Waals surface area (Å²) in [7, 11) is 1.85. The summed E-state index contributed by atoms with van der Waals surface area (Å²) in [6.07, 6.45) is 3.11. The van der Waals surface area contributed by atoms with Gasteiger partial charge in [0.25, 0.3) is 0 Å². The van der Waals surface area contributed by atoms with Crippen LogP contribution in [-0.2, 0) is 7.05 Å². The molecule has 0 amide bonds. The first-order chi connectivity index (χ1) is 8.99. The van der Waals surface area contributed by atoms with E-state index < -0.39 is 5.97 Å². The van der Waals surface area contributed by atoms with Crippen LogP contribution in [-0.4, -0.2) is 20.6 Å². The number of carbonyl (C=O) groups is 1. The van der Waals surface area contributed by atoms with Gasteiger partial charge in [-0.05, 0) is 25.1 Å². The largest absolute Gasteiger partial charge is 0.482 e. The van der Waals surface area contributed by atoms with E-state index in [1.807, 2.05) is 18.5 Å². The fraction of sp³-hybridized carbons (Fsp3) is 0.231. The molecule has 2 rings (SSSR count). The first kappa shape index (κ1) is 12.9. The standard InChI is InChI=1S/C13H15N3O3/c1-8(12-15-5-6-16(12)2)19-11-4-3-9(14)7-10(11)13(17)18/h3-8H,14H2,1-2H3,(H,17,18). The van der Waals surface area contributed by atoms with Gasteiger partial charge in [0.05, 0.1) is 0 Å². The number of anilines is 1. The minimum Gasteiger partial charge on any atom is -0.482 e. The molecule has 0 bridgehead atoms. The van der Waals surface area contributed by atoms with Crippen molar-refractivity contribution < 1.29 is 14.6 Å². The van der Waals surface area contributed by atoms with Gasteiger partial charge in [0, 0.05) is 25.1 Å². The van der Waals surface area contributed by atoms with E-state index in [1.165, 1.54) is 6.07 Å². The maximum atomic E-state index is 11.2. The predicted octanol–water partition coefficient (Wildman–Crippen LogP) is 1.84. The van der Waals surface area contributed by atoms with Crippen LogP contribution < -0.4 is 10.5 Å². The van der Waals surface area contributed by atoms with Gasteiger partial charge >= 0.3 is 5.97 Å². The number of nitrogens with two attached hydrogens (primary N) is 1. The Balaban J connectivity index is 2.29. The van der Waals surface area contributed by atoms with E-state index in [2.05, 4.69) is 4.98 Å². The van der Waals surface area contributed by atoms with Crippen LogP contribution in [0.4, 0.5) is 5.69 Å². The van der Waals surface area contributed by atoms with Crippen molar-refractivity contribution >= 4 is 11.7 Å². The molecular formula is C13H15N3O3. The Kier molecular flexibility index (Phi) is 3.41. The van der Waals surface area contributed by atoms with Gasteiger partial charge in [-0.3, -0.25) is 0 Å². The fourth-order valence-corrected chi connectivity index (χ4v) is 1.83. The number of nitrogens with zero attached hydrogens (tertiary/aromatic N) is 2. The number of rotatable bonds is 4. The number of carboxylic acids is 1. The molecule has 0 saturated heterocycles. The second-order valence-electron chi connectivity index (χ2n) is 4.22. The third kappa shape index (κ3) is 2.67. The smallest absolute Gasteiger partial charge is 0.339 e. The number of hydrogen-bond donors (Lipinski definition) is 2. The average Bonchev–Trinajstić information content (AvgIpc) is 2.77. The lowest BCUT2D eigenvalue weighted by molar-refractivity contribution is 0.0689. The molecule has 3 N–H and O–H groups in total. The number of ether oxygens (including phenoxy) is 1. The molecule has 1 unspecified atom stereocenters. The van der Waals surface area contributed by atoms with Gasteiger partial charge < -0.3 is 20.1 Å². The molecule has 0 radical (unpaired) electrons. The summed E-state index contributed by atoms with van der Waals surface area (Å²) in [5, 5.41) is 9.13. The van der Waals surface area contributed by atoms with Crippen molar-refractivity contribution in [2.24, 2.45) is 7.05 Å². The zero-order chi connectivity index (χ0) is 14.0. The van der Waals surface area contributed by atoms with Crippen molar-refractivity contribution in [1.82, 2.24) is 9.55 Å². The average molecular weight is 261 g/mol. The maximum Gasteiger partial charge on any atom is 0.339 e. The number of benzene rings is 1. The highest BCUT2D eigenvalue weighted by molar-refractivity contribution is 5.92. The molecule has 0 aliphatic heterocycles. The summed E-state index contributed by atoms with van der Waals surface area (Å²) >= 11 is 0. The lowest BCUT2D eigenvalue weighted by Crippen LogP contribution is -2.11. The number of aryl methyl sites for hydroxylation is 1. The van der Waals surface area contributed by atoms with E-state index in [0.717, 1.165) is 0 Å². The minimum absolute atomic E-state index is 0.0426. The summed E-state index contributed by atoms with van der Waals surface area (Å²) in [6, 6.07) is 4.54. The molecule has 1 atom stereocenters. The molecule has 6 heteroatoms. The van der Waals surface area contributed by atoms with Crippen LogP contribution in [0, 0.1) is 0 Å². The summed E-state index contributed by atoms with van der Waals surface area (Å²) in [5.41, 5.74) is 6.01. The van der Waals surface area contributed by atoms with E-state index in [0.29, 0.717) is 11.5 Å². The molecule has 0 spiro atoms. The van der Waals surface area contributed by atoms with Crippen LogP contribution in [0.25, 0.3) is 0 Å². The number of aromatic carboxylic acids is 1. The highest BCUT2D eigenvalue weighted by atomic mass is 16.5. The quantitative estimate of drug-likeness (QED) is 0.819. The Labute approximate surface area is 110 Å². The highest BCUT2D eigenvalue weighted by Gasteiger charge is 2.17. The summed E-state index contributed by atoms with van der Waals surface area (Å²) in [6.45, 7) is 1.81. The van der Waals surface area contributed by atoms with Crippen molar-refractivity contribution in [2.45, 2.75) is 13.0 Å². The number of carboxylic acid groups (broad SMARTS) is 1. The van der Waals surface area contributed by atoms with Crippen LogP contribution in [0.2, 0.25) is 0 Å². The molecule has 100 valence electrons. The van der Waals surface area contributed by atoms with Gasteiger partial charge in [-0.2, -0.15) is 0 Å². The molecule has 0 aliphatic rings. The number of hydrogen-bond acceptors (Lipinski definition) is 4. The lowest BCUT2D eigenvalue weighted by Gasteiger charge is -2.16. The zero-order valence-electron chi connectivity index (χ0n) is 10.7. The van der Waals surface area contributed by atoms with Gasteiger partial charge in [0.1, 0.15) is 17.1 Å². The predicted molar refractivity (Wildman–Crippen MR) is 70.1 cm³/mol. The number of nitrogen functional groups attached to an aromatic ring is 1. The SMILES string of the molecule is CC(Oc1ccc(N)cc1C(=O)O)c1nccn1C. The molecule has 19 heavy (non-hydrogen) atoms. The van der Waals surface area contributed by atoms with Crippen molar-refractivity contribution in [3.63, 3.8) is 0 Å². The highest BCUT2D eigenvalue weighted by Crippen LogP contribution is 2.26. The van der Waals surface area contributed by atoms with Gasteiger partial charge in [-0.15, -0.1) is 0 Å². The van der Waals surface area contributed by atoms with E-state index in [-0.39, 0.29) is 17.4 Å². The Morgan fingerprint density at radius 1 is 1.53 bits per heavy atom. The van der Waals surface area contributed by atoms with Crippen molar-refractivity contribution in [3.05, 3.63) is 42.0 Å². The van der Waals surface area contributed by atoms with Gasteiger partial charge in [-0.1, -0.05) is 0 Å². The first-order valence-corrected chi connectivity index (χ1v) is 5.75. The topological polar surface area (TPSA) is 90.4 Å². The Morgan fingerprint density at radius 2 is 2.26 bits per heavy atom. The Morgan fingerprint density at radius 3 is 2.84 bits per heavy atom. The monoisotopic (exact) mass is 261 g/mol. The lowest BCUT2D eigenvalue weighted by atomic mass is 10.2. The first-order valence-electron chi connectivity index (χ1n) is 5.75. The molecule has 1 heterocycles. The summed E-state index contributed by atoms with van der Waals surface area (Å²) < 4.78 is 7.49. The molecule has 0 saturated carbocycles. The molecular weight excluding hydrogens is 246 g/mol. The third-order valence-corrected chi connectivity index (χ3v) is 2.76. The van der Waals surface area contributed by atoms with Gasteiger partial charge in [0.15, 0.2) is 6.10 Å². The molecule has 0 fully saturated rings. The minimum atomic E-state index is -1.07. The fourth-order valence-electron chi connectivity index (χ4n) is 1.83. The maximum absolute atomic E-state index is 11.2. The van der Waals surface area contributed by atoms with Crippen LogP contribution in [0.5, 0.6) is 5.75 Å². The van der Waals surface area contributed by atoms with Crippen LogP contribution in [0.15, 0.2) is 30.6 Å². The van der Waals surface area contributed by atoms with Crippen molar-refractivity contribution in [3.8, 4) is 5.75 Å². The van der Waals surface area contributed by atoms with Crippen molar-refractivity contribution in [1.29, 1.82) is 0 Å². The Hall–Kier alpha value is -2.50. The molecule has 2 aromatic rings. The van der Waals surface area contributed by atoms with E-state index in [4.69, 9.17) is 15.6 Å². The number of imidazole rings is 1. The van der Waals surface area contributed by atoms with E-state index in [1.54, 1.807) is 24.5 Å². The van der Waals surface area contributed by atoms with Crippen LogP contribution in [0.1, 0.15) is 29.2 Å².